The molecule has 0 aliphatic carbocycles. The summed E-state index contributed by atoms with van der Waals surface area (Å²) < 4.78 is 68.3. The van der Waals surface area contributed by atoms with Crippen LogP contribution in [0.25, 0.3) is 11.5 Å². The molecule has 2 aromatic carbocycles. The Bertz CT molecular complexity index is 874. The third-order valence-electron chi connectivity index (χ3n) is 3.28. The molecule has 0 spiro atoms. The maximum absolute atomic E-state index is 13.5. The molecule has 1 aromatic heterocycles. The zero-order valence-electron chi connectivity index (χ0n) is 12.4. The first kappa shape index (κ1) is 16.9. The van der Waals surface area contributed by atoms with Crippen LogP contribution in [0, 0.1) is 11.6 Å². The minimum absolute atomic E-state index is 0.136. The molecule has 0 bridgehead atoms. The lowest BCUT2D eigenvalue weighted by Crippen LogP contribution is -2.04. The van der Waals surface area contributed by atoms with Gasteiger partial charge in [-0.1, -0.05) is 12.1 Å². The lowest BCUT2D eigenvalue weighted by atomic mass is 10.1. The number of halogens is 5. The van der Waals surface area contributed by atoms with Gasteiger partial charge in [0.25, 0.3) is 0 Å². The fourth-order valence-electron chi connectivity index (χ4n) is 2.05. The fourth-order valence-corrected chi connectivity index (χ4v) is 2.05. The minimum Gasteiger partial charge on any atom is -0.413 e. The number of nitrogens with one attached hydrogen (secondary N) is 1. The molecule has 0 saturated heterocycles. The summed E-state index contributed by atoms with van der Waals surface area (Å²) in [5.41, 5.74) is 1.18. The van der Waals surface area contributed by atoms with E-state index < -0.39 is 23.7 Å². The van der Waals surface area contributed by atoms with Crippen molar-refractivity contribution < 1.29 is 26.4 Å². The zero-order valence-corrected chi connectivity index (χ0v) is 12.4. The van der Waals surface area contributed by atoms with E-state index in [-0.39, 0.29) is 18.1 Å². The Morgan fingerprint density at radius 1 is 0.960 bits per heavy atom. The summed E-state index contributed by atoms with van der Waals surface area (Å²) in [5, 5.41) is 9.11. The Labute approximate surface area is 138 Å². The molecule has 0 saturated carbocycles. The average molecular weight is 355 g/mol. The number of alkyl halides is 3. The number of benzene rings is 2. The average Bonchev–Trinajstić information content (AvgIpc) is 3.05. The van der Waals surface area contributed by atoms with E-state index in [1.54, 1.807) is 12.1 Å². The smallest absolute Gasteiger partial charge is 0.413 e. The van der Waals surface area contributed by atoms with Crippen molar-refractivity contribution in [2.45, 2.75) is 12.7 Å². The Morgan fingerprint density at radius 2 is 1.68 bits per heavy atom. The van der Waals surface area contributed by atoms with Crippen molar-refractivity contribution in [3.05, 3.63) is 65.6 Å². The summed E-state index contributed by atoms with van der Waals surface area (Å²) in [5.74, 6) is -3.07. The summed E-state index contributed by atoms with van der Waals surface area (Å²) in [7, 11) is 0. The number of hydrogen-bond acceptors (Lipinski definition) is 4. The fraction of sp³-hybridized carbons (Fsp3) is 0.125. The molecule has 3 rings (SSSR count). The second kappa shape index (κ2) is 6.50. The predicted octanol–water partition coefficient (Wildman–Crippen LogP) is 4.65. The van der Waals surface area contributed by atoms with Crippen molar-refractivity contribution in [2.24, 2.45) is 0 Å². The van der Waals surface area contributed by atoms with Gasteiger partial charge in [-0.15, -0.1) is 10.2 Å². The van der Waals surface area contributed by atoms with E-state index in [0.29, 0.717) is 5.56 Å². The second-order valence-electron chi connectivity index (χ2n) is 5.08. The van der Waals surface area contributed by atoms with Crippen molar-refractivity contribution in [3.8, 4) is 11.5 Å². The van der Waals surface area contributed by atoms with Crippen molar-refractivity contribution in [2.75, 3.05) is 5.32 Å². The summed E-state index contributed by atoms with van der Waals surface area (Å²) in [6.45, 7) is 0.237. The molecule has 0 atom stereocenters. The van der Waals surface area contributed by atoms with Crippen molar-refractivity contribution in [3.63, 3.8) is 0 Å². The van der Waals surface area contributed by atoms with Crippen molar-refractivity contribution in [1.82, 2.24) is 10.2 Å². The Kier molecular flexibility index (Phi) is 4.39. The molecular formula is C16H10F5N3O. The number of nitrogens with zero attached hydrogens (tertiary/aromatic N) is 2. The highest BCUT2D eigenvalue weighted by Gasteiger charge is 2.38. The topological polar surface area (TPSA) is 51.0 Å². The number of rotatable bonds is 4. The Balaban J connectivity index is 1.69. The molecule has 0 aliphatic heterocycles. The van der Waals surface area contributed by atoms with E-state index in [2.05, 4.69) is 19.9 Å². The Morgan fingerprint density at radius 3 is 2.28 bits per heavy atom. The van der Waals surface area contributed by atoms with E-state index in [1.807, 2.05) is 0 Å². The molecule has 0 amide bonds. The van der Waals surface area contributed by atoms with Crippen LogP contribution in [0.1, 0.15) is 11.5 Å². The maximum atomic E-state index is 13.5. The highest BCUT2D eigenvalue weighted by atomic mass is 19.4. The number of anilines is 1. The van der Waals surface area contributed by atoms with Gasteiger partial charge >= 0.3 is 12.1 Å². The third kappa shape index (κ3) is 3.93. The van der Waals surface area contributed by atoms with Crippen LogP contribution in [-0.2, 0) is 12.7 Å². The van der Waals surface area contributed by atoms with Gasteiger partial charge in [0.15, 0.2) is 0 Å². The third-order valence-corrected chi connectivity index (χ3v) is 3.28. The minimum atomic E-state index is -4.70. The SMILES string of the molecule is Fc1ccc(NCc2ccc(-c3nnc(C(F)(F)F)o3)cc2)c(F)c1. The van der Waals surface area contributed by atoms with Crippen LogP contribution in [0.5, 0.6) is 0 Å². The van der Waals surface area contributed by atoms with Crippen LogP contribution in [0.3, 0.4) is 0 Å². The summed E-state index contributed by atoms with van der Waals surface area (Å²) in [4.78, 5) is 0. The van der Waals surface area contributed by atoms with E-state index >= 15 is 0 Å². The van der Waals surface area contributed by atoms with Crippen LogP contribution in [0.2, 0.25) is 0 Å². The molecule has 1 heterocycles. The monoisotopic (exact) mass is 355 g/mol. The molecule has 0 unspecified atom stereocenters. The second-order valence-corrected chi connectivity index (χ2v) is 5.08. The number of aromatic nitrogens is 2. The highest BCUT2D eigenvalue weighted by molar-refractivity contribution is 5.53. The van der Waals surface area contributed by atoms with Gasteiger partial charge in [0.2, 0.25) is 5.89 Å². The van der Waals surface area contributed by atoms with Gasteiger partial charge in [0, 0.05) is 18.2 Å². The molecule has 9 heteroatoms. The molecule has 0 radical (unpaired) electrons. The van der Waals surface area contributed by atoms with Crippen LogP contribution < -0.4 is 5.32 Å². The molecule has 3 aromatic rings. The lowest BCUT2D eigenvalue weighted by Gasteiger charge is -2.08. The normalized spacial score (nSPS) is 11.6. The quantitative estimate of drug-likeness (QED) is 0.693. The van der Waals surface area contributed by atoms with E-state index in [4.69, 9.17) is 0 Å². The number of hydrogen-bond donors (Lipinski definition) is 1. The van der Waals surface area contributed by atoms with Gasteiger partial charge in [0.1, 0.15) is 11.6 Å². The van der Waals surface area contributed by atoms with Gasteiger partial charge < -0.3 is 9.73 Å². The first-order valence-electron chi connectivity index (χ1n) is 7.02. The van der Waals surface area contributed by atoms with Crippen LogP contribution >= 0.6 is 0 Å². The molecular weight excluding hydrogens is 345 g/mol. The van der Waals surface area contributed by atoms with Crippen LogP contribution in [0.4, 0.5) is 27.6 Å². The first-order valence-corrected chi connectivity index (χ1v) is 7.02. The van der Waals surface area contributed by atoms with Gasteiger partial charge in [-0.3, -0.25) is 0 Å². The standard InChI is InChI=1S/C16H10F5N3O/c17-11-5-6-13(12(18)7-11)22-8-9-1-3-10(4-2-9)14-23-24-15(25-14)16(19,20)21/h1-7,22H,8H2. The Hall–Kier alpha value is -2.97. The van der Waals surface area contributed by atoms with Gasteiger partial charge in [0.05, 0.1) is 5.69 Å². The zero-order chi connectivity index (χ0) is 18.0. The lowest BCUT2D eigenvalue weighted by molar-refractivity contribution is -0.156. The summed E-state index contributed by atoms with van der Waals surface area (Å²) >= 11 is 0. The van der Waals surface area contributed by atoms with E-state index in [9.17, 15) is 22.0 Å². The van der Waals surface area contributed by atoms with Gasteiger partial charge in [-0.05, 0) is 29.8 Å². The largest absolute Gasteiger partial charge is 0.470 e. The van der Waals surface area contributed by atoms with Crippen molar-refractivity contribution in [1.29, 1.82) is 0 Å². The van der Waals surface area contributed by atoms with Crippen LogP contribution in [0.15, 0.2) is 46.9 Å². The predicted molar refractivity (Wildman–Crippen MR) is 78.4 cm³/mol. The molecule has 4 nitrogen and oxygen atoms in total. The highest BCUT2D eigenvalue weighted by Crippen LogP contribution is 2.30. The van der Waals surface area contributed by atoms with E-state index in [0.717, 1.165) is 17.7 Å². The molecule has 1 N–H and O–H groups in total. The van der Waals surface area contributed by atoms with E-state index in [1.165, 1.54) is 18.2 Å². The molecule has 0 aliphatic rings. The van der Waals surface area contributed by atoms with Crippen molar-refractivity contribution >= 4 is 5.69 Å². The summed E-state index contributed by atoms with van der Waals surface area (Å²) in [6, 6.07) is 9.40. The molecule has 0 fully saturated rings. The molecule has 130 valence electrons. The molecule has 25 heavy (non-hydrogen) atoms. The van der Waals surface area contributed by atoms with Gasteiger partial charge in [-0.2, -0.15) is 13.2 Å². The summed E-state index contributed by atoms with van der Waals surface area (Å²) in [6.07, 6.45) is -4.70. The van der Waals surface area contributed by atoms with Gasteiger partial charge in [-0.25, -0.2) is 8.78 Å². The maximum Gasteiger partial charge on any atom is 0.470 e. The van der Waals surface area contributed by atoms with Crippen LogP contribution in [-0.4, -0.2) is 10.2 Å². The first-order chi connectivity index (χ1) is 11.8.